The maximum absolute atomic E-state index is 12.6. The third kappa shape index (κ3) is 5.82. The number of carbonyl (C=O) groups is 2. The Hall–Kier alpha value is -3.39. The topological polar surface area (TPSA) is 88.7 Å². The van der Waals surface area contributed by atoms with E-state index >= 15 is 0 Å². The Morgan fingerprint density at radius 3 is 2.55 bits per heavy atom. The maximum Gasteiger partial charge on any atom is 0.338 e. The number of rotatable bonds is 8. The van der Waals surface area contributed by atoms with Gasteiger partial charge in [-0.2, -0.15) is 0 Å². The van der Waals surface area contributed by atoms with E-state index in [9.17, 15) is 9.59 Å². The first-order valence-corrected chi connectivity index (χ1v) is 10.4. The van der Waals surface area contributed by atoms with Crippen LogP contribution in [0, 0.1) is 0 Å². The number of nitrogens with one attached hydrogen (secondary N) is 3. The Kier molecular flexibility index (Phi) is 7.61. The van der Waals surface area contributed by atoms with E-state index in [0.29, 0.717) is 34.2 Å². The van der Waals surface area contributed by atoms with Gasteiger partial charge in [0.05, 0.1) is 18.2 Å². The van der Waals surface area contributed by atoms with E-state index < -0.39 is 12.0 Å². The van der Waals surface area contributed by atoms with Crippen LogP contribution >= 0.6 is 12.2 Å². The van der Waals surface area contributed by atoms with Crippen LogP contribution in [0.15, 0.2) is 65.9 Å². The molecule has 0 radical (unpaired) electrons. The largest absolute Gasteiger partial charge is 0.483 e. The van der Waals surface area contributed by atoms with Gasteiger partial charge in [0.1, 0.15) is 5.75 Å². The van der Waals surface area contributed by atoms with Gasteiger partial charge in [-0.05, 0) is 37.7 Å². The summed E-state index contributed by atoms with van der Waals surface area (Å²) < 4.78 is 11.0. The van der Waals surface area contributed by atoms with Crippen molar-refractivity contribution in [3.05, 3.63) is 77.0 Å². The molecule has 0 aliphatic carbocycles. The number of ether oxygens (including phenoxy) is 2. The summed E-state index contributed by atoms with van der Waals surface area (Å²) in [7, 11) is 0. The standard InChI is InChI=1S/C23H25N3O4S/c1-3-29-22(28)20-15(2)25-23(31)26-21(20)17-11-7-8-12-18(17)30-14-19(27)24-13-16-9-5-4-6-10-16/h4-12,21H,3,13-14H2,1-2H3,(H,24,27)(H2,25,26,31)/t21-/m1/s1. The van der Waals surface area contributed by atoms with Crippen molar-refractivity contribution < 1.29 is 19.1 Å². The number of thiocarbonyl (C=S) groups is 1. The molecule has 3 rings (SSSR count). The molecule has 1 amide bonds. The molecule has 31 heavy (non-hydrogen) atoms. The number of hydrogen-bond acceptors (Lipinski definition) is 5. The minimum Gasteiger partial charge on any atom is -0.483 e. The number of para-hydroxylation sites is 1. The van der Waals surface area contributed by atoms with Crippen LogP contribution in [0.1, 0.15) is 31.0 Å². The van der Waals surface area contributed by atoms with E-state index in [2.05, 4.69) is 16.0 Å². The van der Waals surface area contributed by atoms with Crippen LogP contribution in [0.4, 0.5) is 0 Å². The number of benzene rings is 2. The third-order valence-electron chi connectivity index (χ3n) is 4.69. The fourth-order valence-electron chi connectivity index (χ4n) is 3.25. The first kappa shape index (κ1) is 22.3. The lowest BCUT2D eigenvalue weighted by Gasteiger charge is -2.30. The van der Waals surface area contributed by atoms with Crippen LogP contribution in [0.2, 0.25) is 0 Å². The summed E-state index contributed by atoms with van der Waals surface area (Å²) in [6.07, 6.45) is 0. The SMILES string of the molecule is CCOC(=O)C1=C(C)NC(=S)N[C@@H]1c1ccccc1OCC(=O)NCc1ccccc1. The first-order valence-electron chi connectivity index (χ1n) is 9.97. The molecule has 3 N–H and O–H groups in total. The number of allylic oxidation sites excluding steroid dienone is 1. The summed E-state index contributed by atoms with van der Waals surface area (Å²) in [6, 6.07) is 16.3. The molecule has 0 unspecified atom stereocenters. The predicted octanol–water partition coefficient (Wildman–Crippen LogP) is 2.74. The number of carbonyl (C=O) groups excluding carboxylic acids is 2. The van der Waals surface area contributed by atoms with Crippen molar-refractivity contribution in [1.29, 1.82) is 0 Å². The Bertz CT molecular complexity index is 991. The summed E-state index contributed by atoms with van der Waals surface area (Å²) in [4.78, 5) is 24.9. The molecule has 2 aromatic rings. The average Bonchev–Trinajstić information content (AvgIpc) is 2.76. The van der Waals surface area contributed by atoms with E-state index in [4.69, 9.17) is 21.7 Å². The van der Waals surface area contributed by atoms with Crippen molar-refractivity contribution in [1.82, 2.24) is 16.0 Å². The molecule has 8 heteroatoms. The molecule has 1 aliphatic rings. The molecule has 1 aliphatic heterocycles. The number of esters is 1. The summed E-state index contributed by atoms with van der Waals surface area (Å²) in [5.74, 6) is -0.207. The van der Waals surface area contributed by atoms with Gasteiger partial charge in [-0.1, -0.05) is 48.5 Å². The van der Waals surface area contributed by atoms with Gasteiger partial charge in [0.25, 0.3) is 5.91 Å². The van der Waals surface area contributed by atoms with Gasteiger partial charge in [0.2, 0.25) is 0 Å². The Morgan fingerprint density at radius 2 is 1.81 bits per heavy atom. The lowest BCUT2D eigenvalue weighted by Crippen LogP contribution is -2.45. The molecule has 0 spiro atoms. The fraction of sp³-hybridized carbons (Fsp3) is 0.261. The highest BCUT2D eigenvalue weighted by Crippen LogP contribution is 2.33. The summed E-state index contributed by atoms with van der Waals surface area (Å²) in [5, 5.41) is 9.30. The average molecular weight is 440 g/mol. The van der Waals surface area contributed by atoms with Gasteiger partial charge in [-0.15, -0.1) is 0 Å². The van der Waals surface area contributed by atoms with Gasteiger partial charge in [-0.25, -0.2) is 4.79 Å². The monoisotopic (exact) mass is 439 g/mol. The van der Waals surface area contributed by atoms with Crippen molar-refractivity contribution in [3.63, 3.8) is 0 Å². The zero-order valence-electron chi connectivity index (χ0n) is 17.4. The highest BCUT2D eigenvalue weighted by atomic mass is 32.1. The van der Waals surface area contributed by atoms with E-state index in [1.165, 1.54) is 0 Å². The van der Waals surface area contributed by atoms with Crippen LogP contribution in [0.3, 0.4) is 0 Å². The first-order chi connectivity index (χ1) is 15.0. The minimum absolute atomic E-state index is 0.156. The molecule has 2 aromatic carbocycles. The highest BCUT2D eigenvalue weighted by Gasteiger charge is 2.32. The van der Waals surface area contributed by atoms with Crippen LogP contribution in [0.5, 0.6) is 5.75 Å². The number of hydrogen-bond donors (Lipinski definition) is 3. The van der Waals surface area contributed by atoms with Gasteiger partial charge in [0, 0.05) is 17.8 Å². The highest BCUT2D eigenvalue weighted by molar-refractivity contribution is 7.80. The zero-order valence-corrected chi connectivity index (χ0v) is 18.3. The quantitative estimate of drug-likeness (QED) is 0.431. The van der Waals surface area contributed by atoms with Crippen molar-refractivity contribution in [2.75, 3.05) is 13.2 Å². The molecule has 0 aromatic heterocycles. The van der Waals surface area contributed by atoms with Crippen LogP contribution < -0.4 is 20.7 Å². The van der Waals surface area contributed by atoms with Crippen LogP contribution in [0.25, 0.3) is 0 Å². The second-order valence-corrected chi connectivity index (χ2v) is 7.29. The lowest BCUT2D eigenvalue weighted by atomic mass is 9.95. The van der Waals surface area contributed by atoms with Gasteiger partial charge < -0.3 is 25.4 Å². The smallest absolute Gasteiger partial charge is 0.338 e. The second kappa shape index (κ2) is 10.6. The van der Waals surface area contributed by atoms with Crippen molar-refractivity contribution >= 4 is 29.2 Å². The molecule has 0 saturated heterocycles. The van der Waals surface area contributed by atoms with Gasteiger partial charge >= 0.3 is 5.97 Å². The molecule has 0 bridgehead atoms. The summed E-state index contributed by atoms with van der Waals surface area (Å²) >= 11 is 5.28. The van der Waals surface area contributed by atoms with Crippen LogP contribution in [-0.4, -0.2) is 30.2 Å². The summed E-state index contributed by atoms with van der Waals surface area (Å²) in [5.41, 5.74) is 2.72. The molecule has 0 fully saturated rings. The predicted molar refractivity (Wildman–Crippen MR) is 121 cm³/mol. The Balaban J connectivity index is 1.74. The second-order valence-electron chi connectivity index (χ2n) is 6.88. The minimum atomic E-state index is -0.559. The van der Waals surface area contributed by atoms with E-state index in [-0.39, 0.29) is 19.1 Å². The Labute approximate surface area is 186 Å². The fourth-order valence-corrected chi connectivity index (χ4v) is 3.52. The molecule has 1 atom stereocenters. The van der Waals surface area contributed by atoms with Gasteiger partial charge in [0.15, 0.2) is 11.7 Å². The molecule has 0 saturated carbocycles. The third-order valence-corrected chi connectivity index (χ3v) is 4.91. The molecule has 7 nitrogen and oxygen atoms in total. The number of amides is 1. The van der Waals surface area contributed by atoms with Crippen molar-refractivity contribution in [2.45, 2.75) is 26.4 Å². The zero-order chi connectivity index (χ0) is 22.2. The molecular weight excluding hydrogens is 414 g/mol. The maximum atomic E-state index is 12.6. The van der Waals surface area contributed by atoms with Crippen molar-refractivity contribution in [2.24, 2.45) is 0 Å². The molecular formula is C23H25N3O4S. The van der Waals surface area contributed by atoms with E-state index in [1.807, 2.05) is 42.5 Å². The normalized spacial score (nSPS) is 15.5. The molecule has 1 heterocycles. The van der Waals surface area contributed by atoms with Crippen molar-refractivity contribution in [3.8, 4) is 5.75 Å². The van der Waals surface area contributed by atoms with E-state index in [1.54, 1.807) is 26.0 Å². The molecule has 162 valence electrons. The van der Waals surface area contributed by atoms with E-state index in [0.717, 1.165) is 5.56 Å². The van der Waals surface area contributed by atoms with Crippen LogP contribution in [-0.2, 0) is 20.9 Å². The lowest BCUT2D eigenvalue weighted by molar-refractivity contribution is -0.139. The Morgan fingerprint density at radius 1 is 1.10 bits per heavy atom. The van der Waals surface area contributed by atoms with Gasteiger partial charge in [-0.3, -0.25) is 4.79 Å². The summed E-state index contributed by atoms with van der Waals surface area (Å²) in [6.45, 7) is 4.04.